The summed E-state index contributed by atoms with van der Waals surface area (Å²) in [6, 6.07) is 19.2. The fourth-order valence-electron chi connectivity index (χ4n) is 4.02. The van der Waals surface area contributed by atoms with E-state index in [1.165, 1.54) is 0 Å². The maximum absolute atomic E-state index is 13.0. The molecule has 6 nitrogen and oxygen atoms in total. The second-order valence-corrected chi connectivity index (χ2v) is 8.82. The molecule has 0 unspecified atom stereocenters. The summed E-state index contributed by atoms with van der Waals surface area (Å²) in [4.78, 5) is 29.5. The Bertz CT molecular complexity index is 857. The standard InChI is InChI=1S/C26H35N3O3/c1-20(2)24(27)25(30)29-16-9-14-23(29)18-28(17-15-21-10-5-3-6-11-21)26(31)32-19-22-12-7-4-8-13-22/h3-8,10-13,20,23-24H,9,14-19,27H2,1-2H3/t23-,24-/m0/s1. The van der Waals surface area contributed by atoms with Gasteiger partial charge in [0, 0.05) is 25.7 Å². The van der Waals surface area contributed by atoms with Gasteiger partial charge in [-0.1, -0.05) is 74.5 Å². The lowest BCUT2D eigenvalue weighted by molar-refractivity contribution is -0.134. The molecule has 2 amide bonds. The summed E-state index contributed by atoms with van der Waals surface area (Å²) >= 11 is 0. The van der Waals surface area contributed by atoms with Gasteiger partial charge in [0.1, 0.15) is 6.61 Å². The summed E-state index contributed by atoms with van der Waals surface area (Å²) in [6.07, 6.45) is 2.17. The number of nitrogens with two attached hydrogens (primary N) is 1. The molecule has 0 spiro atoms. The predicted octanol–water partition coefficient (Wildman–Crippen LogP) is 3.84. The topological polar surface area (TPSA) is 75.9 Å². The van der Waals surface area contributed by atoms with Crippen molar-refractivity contribution < 1.29 is 14.3 Å². The number of carbonyl (C=O) groups excluding carboxylic acids is 2. The molecule has 1 saturated heterocycles. The Kier molecular flexibility index (Phi) is 8.68. The quantitative estimate of drug-likeness (QED) is 0.647. The molecule has 1 aliphatic heterocycles. The third kappa shape index (κ3) is 6.57. The van der Waals surface area contributed by atoms with Gasteiger partial charge in [0.25, 0.3) is 0 Å². The van der Waals surface area contributed by atoms with Crippen LogP contribution in [0.5, 0.6) is 0 Å². The van der Waals surface area contributed by atoms with E-state index in [9.17, 15) is 9.59 Å². The van der Waals surface area contributed by atoms with Crippen molar-refractivity contribution in [1.82, 2.24) is 9.80 Å². The molecule has 0 bridgehead atoms. The number of ether oxygens (including phenoxy) is 1. The molecule has 2 aromatic carbocycles. The molecule has 2 N–H and O–H groups in total. The highest BCUT2D eigenvalue weighted by molar-refractivity contribution is 5.82. The number of hydrogen-bond acceptors (Lipinski definition) is 4. The summed E-state index contributed by atoms with van der Waals surface area (Å²) in [5, 5.41) is 0. The number of hydrogen-bond donors (Lipinski definition) is 1. The highest BCUT2D eigenvalue weighted by Crippen LogP contribution is 2.21. The number of rotatable bonds is 9. The first-order chi connectivity index (χ1) is 15.5. The molecule has 0 aromatic heterocycles. The zero-order valence-electron chi connectivity index (χ0n) is 19.2. The van der Waals surface area contributed by atoms with Crippen LogP contribution in [0.4, 0.5) is 4.79 Å². The van der Waals surface area contributed by atoms with Crippen molar-refractivity contribution in [2.45, 2.75) is 51.8 Å². The number of likely N-dealkylation sites (tertiary alicyclic amines) is 1. The molecule has 3 rings (SSSR count). The van der Waals surface area contributed by atoms with Gasteiger partial charge in [-0.3, -0.25) is 4.79 Å². The molecule has 172 valence electrons. The van der Waals surface area contributed by atoms with Crippen molar-refractivity contribution in [3.63, 3.8) is 0 Å². The van der Waals surface area contributed by atoms with E-state index < -0.39 is 6.04 Å². The average molecular weight is 438 g/mol. The van der Waals surface area contributed by atoms with Gasteiger partial charge >= 0.3 is 6.09 Å². The normalized spacial score (nSPS) is 16.8. The first kappa shape index (κ1) is 23.8. The second kappa shape index (κ2) is 11.7. The minimum absolute atomic E-state index is 0.0248. The maximum atomic E-state index is 13.0. The number of amides is 2. The largest absolute Gasteiger partial charge is 0.445 e. The van der Waals surface area contributed by atoms with Crippen LogP contribution in [0.2, 0.25) is 0 Å². The Balaban J connectivity index is 1.67. The molecular weight excluding hydrogens is 402 g/mol. The maximum Gasteiger partial charge on any atom is 0.410 e. The fraction of sp³-hybridized carbons (Fsp3) is 0.462. The Labute approximate surface area is 191 Å². The molecule has 0 saturated carbocycles. The molecule has 1 heterocycles. The summed E-state index contributed by atoms with van der Waals surface area (Å²) < 4.78 is 5.63. The second-order valence-electron chi connectivity index (χ2n) is 8.82. The van der Waals surface area contributed by atoms with E-state index in [0.717, 1.165) is 30.4 Å². The first-order valence-corrected chi connectivity index (χ1v) is 11.5. The van der Waals surface area contributed by atoms with E-state index in [1.54, 1.807) is 4.90 Å². The lowest BCUT2D eigenvalue weighted by atomic mass is 10.0. The van der Waals surface area contributed by atoms with Crippen LogP contribution in [-0.4, -0.2) is 53.5 Å². The van der Waals surface area contributed by atoms with Crippen molar-refractivity contribution in [1.29, 1.82) is 0 Å². The third-order valence-electron chi connectivity index (χ3n) is 6.07. The van der Waals surface area contributed by atoms with Gasteiger partial charge in [-0.15, -0.1) is 0 Å². The van der Waals surface area contributed by atoms with E-state index in [-0.39, 0.29) is 30.6 Å². The summed E-state index contributed by atoms with van der Waals surface area (Å²) in [6.45, 7) is 5.83. The molecule has 1 fully saturated rings. The van der Waals surface area contributed by atoms with Gasteiger partial charge in [0.2, 0.25) is 5.91 Å². The van der Waals surface area contributed by atoms with Crippen LogP contribution in [0.25, 0.3) is 0 Å². The SMILES string of the molecule is CC(C)[C@H](N)C(=O)N1CCC[C@H]1CN(CCc1ccccc1)C(=O)OCc1ccccc1. The third-order valence-corrected chi connectivity index (χ3v) is 6.07. The minimum Gasteiger partial charge on any atom is -0.445 e. The van der Waals surface area contributed by atoms with Gasteiger partial charge < -0.3 is 20.3 Å². The molecule has 2 aromatic rings. The molecule has 6 heteroatoms. The van der Waals surface area contributed by atoms with E-state index >= 15 is 0 Å². The van der Waals surface area contributed by atoms with E-state index in [2.05, 4.69) is 12.1 Å². The van der Waals surface area contributed by atoms with Gasteiger partial charge in [-0.05, 0) is 36.3 Å². The monoisotopic (exact) mass is 437 g/mol. The van der Waals surface area contributed by atoms with Crippen molar-refractivity contribution in [2.75, 3.05) is 19.6 Å². The molecule has 0 aliphatic carbocycles. The van der Waals surface area contributed by atoms with E-state index in [4.69, 9.17) is 10.5 Å². The van der Waals surface area contributed by atoms with Crippen LogP contribution < -0.4 is 5.73 Å². The van der Waals surface area contributed by atoms with Gasteiger partial charge in [-0.25, -0.2) is 4.79 Å². The lowest BCUT2D eigenvalue weighted by Gasteiger charge is -2.32. The molecule has 2 atom stereocenters. The van der Waals surface area contributed by atoms with Gasteiger partial charge in [0.05, 0.1) is 6.04 Å². The van der Waals surface area contributed by atoms with Crippen LogP contribution in [0.15, 0.2) is 60.7 Å². The van der Waals surface area contributed by atoms with Crippen molar-refractivity contribution in [3.8, 4) is 0 Å². The van der Waals surface area contributed by atoms with Crippen molar-refractivity contribution in [3.05, 3.63) is 71.8 Å². The zero-order chi connectivity index (χ0) is 22.9. The lowest BCUT2D eigenvalue weighted by Crippen LogP contribution is -2.52. The Hall–Kier alpha value is -2.86. The van der Waals surface area contributed by atoms with E-state index in [1.807, 2.05) is 67.3 Å². The molecular formula is C26H35N3O3. The van der Waals surface area contributed by atoms with Crippen molar-refractivity contribution >= 4 is 12.0 Å². The zero-order valence-corrected chi connectivity index (χ0v) is 19.2. The number of benzene rings is 2. The summed E-state index contributed by atoms with van der Waals surface area (Å²) in [7, 11) is 0. The number of carbonyl (C=O) groups is 2. The number of nitrogens with zero attached hydrogens (tertiary/aromatic N) is 2. The minimum atomic E-state index is -0.515. The van der Waals surface area contributed by atoms with Crippen LogP contribution >= 0.6 is 0 Å². The molecule has 0 radical (unpaired) electrons. The summed E-state index contributed by atoms with van der Waals surface area (Å²) in [5.74, 6) is 0.0527. The summed E-state index contributed by atoms with van der Waals surface area (Å²) in [5.41, 5.74) is 8.25. The van der Waals surface area contributed by atoms with Crippen LogP contribution in [-0.2, 0) is 22.6 Å². The molecule has 32 heavy (non-hydrogen) atoms. The smallest absolute Gasteiger partial charge is 0.410 e. The van der Waals surface area contributed by atoms with E-state index in [0.29, 0.717) is 19.6 Å². The molecule has 1 aliphatic rings. The van der Waals surface area contributed by atoms with Gasteiger partial charge in [-0.2, -0.15) is 0 Å². The van der Waals surface area contributed by atoms with Crippen LogP contribution in [0, 0.1) is 5.92 Å². The predicted molar refractivity (Wildman–Crippen MR) is 126 cm³/mol. The van der Waals surface area contributed by atoms with Crippen molar-refractivity contribution in [2.24, 2.45) is 11.7 Å². The Morgan fingerprint density at radius 3 is 2.31 bits per heavy atom. The fourth-order valence-corrected chi connectivity index (χ4v) is 4.02. The van der Waals surface area contributed by atoms with Crippen LogP contribution in [0.1, 0.15) is 37.8 Å². The highest BCUT2D eigenvalue weighted by Gasteiger charge is 2.34. The van der Waals surface area contributed by atoms with Crippen LogP contribution in [0.3, 0.4) is 0 Å². The van der Waals surface area contributed by atoms with Gasteiger partial charge in [0.15, 0.2) is 0 Å². The Morgan fingerprint density at radius 1 is 1.06 bits per heavy atom. The average Bonchev–Trinajstić information content (AvgIpc) is 3.28. The Morgan fingerprint density at radius 2 is 1.69 bits per heavy atom. The highest BCUT2D eigenvalue weighted by atomic mass is 16.6. The first-order valence-electron chi connectivity index (χ1n) is 11.5.